The first-order valence-electron chi connectivity index (χ1n) is 8.98. The predicted molar refractivity (Wildman–Crippen MR) is 106 cm³/mol. The fourth-order valence-corrected chi connectivity index (χ4v) is 4.72. The van der Waals surface area contributed by atoms with Crippen LogP contribution in [0.3, 0.4) is 0 Å². The Bertz CT molecular complexity index is 594. The molecule has 0 fully saturated rings. The van der Waals surface area contributed by atoms with E-state index in [0.29, 0.717) is 18.4 Å². The maximum atomic E-state index is 10.4. The molecule has 0 saturated heterocycles. The summed E-state index contributed by atoms with van der Waals surface area (Å²) >= 11 is 6.25. The zero-order chi connectivity index (χ0) is 18.3. The highest BCUT2D eigenvalue weighted by molar-refractivity contribution is 6.74. The van der Waals surface area contributed by atoms with Gasteiger partial charge in [0.2, 0.25) is 0 Å². The SMILES string of the molecule is C[C@@H]1c2cc(Cl)ccc2[C@@](CO)(CO[Si](C)(C)C(C)(C)C)C[C@@H]1C. The molecule has 1 N–H and O–H groups in total. The van der Waals surface area contributed by atoms with E-state index in [0.717, 1.165) is 11.4 Å². The summed E-state index contributed by atoms with van der Waals surface area (Å²) in [7, 11) is -1.86. The molecule has 1 aromatic rings. The Morgan fingerprint density at radius 3 is 2.46 bits per heavy atom. The minimum absolute atomic E-state index is 0.118. The molecule has 1 aliphatic carbocycles. The van der Waals surface area contributed by atoms with Gasteiger partial charge in [-0.05, 0) is 59.6 Å². The Balaban J connectivity index is 2.40. The molecule has 0 aromatic heterocycles. The van der Waals surface area contributed by atoms with Gasteiger partial charge in [-0.1, -0.05) is 52.3 Å². The standard InChI is InChI=1S/C20H33ClO2Si/c1-14-11-20(12-22,13-23-24(6,7)19(3,4)5)18-9-8-16(21)10-17(18)15(14)2/h8-10,14-15,22H,11-13H2,1-7H3/t14-,15-,20-/m0/s1. The van der Waals surface area contributed by atoms with Crippen molar-refractivity contribution in [3.8, 4) is 0 Å². The first-order chi connectivity index (χ1) is 10.9. The van der Waals surface area contributed by atoms with E-state index in [-0.39, 0.29) is 17.1 Å². The van der Waals surface area contributed by atoms with Crippen molar-refractivity contribution in [3.05, 3.63) is 34.3 Å². The predicted octanol–water partition coefficient (Wildman–Crippen LogP) is 5.74. The van der Waals surface area contributed by atoms with Gasteiger partial charge < -0.3 is 9.53 Å². The maximum Gasteiger partial charge on any atom is 0.192 e. The van der Waals surface area contributed by atoms with Crippen LogP contribution in [0.1, 0.15) is 58.1 Å². The Morgan fingerprint density at radius 2 is 1.92 bits per heavy atom. The highest BCUT2D eigenvalue weighted by atomic mass is 35.5. The summed E-state index contributed by atoms with van der Waals surface area (Å²) in [4.78, 5) is 0. The van der Waals surface area contributed by atoms with Crippen molar-refractivity contribution in [3.63, 3.8) is 0 Å². The third-order valence-corrected chi connectivity index (χ3v) is 11.2. The number of halogens is 1. The quantitative estimate of drug-likeness (QED) is 0.687. The minimum atomic E-state index is -1.86. The molecule has 3 atom stereocenters. The van der Waals surface area contributed by atoms with E-state index >= 15 is 0 Å². The molecule has 4 heteroatoms. The lowest BCUT2D eigenvalue weighted by molar-refractivity contribution is 0.0888. The van der Waals surface area contributed by atoms with E-state index in [1.165, 1.54) is 11.1 Å². The zero-order valence-corrected chi connectivity index (χ0v) is 18.0. The summed E-state index contributed by atoms with van der Waals surface area (Å²) in [6.45, 7) is 16.5. The summed E-state index contributed by atoms with van der Waals surface area (Å²) in [6.07, 6.45) is 0.952. The van der Waals surface area contributed by atoms with Gasteiger partial charge in [-0.3, -0.25) is 0 Å². The number of benzene rings is 1. The minimum Gasteiger partial charge on any atom is -0.416 e. The first kappa shape index (κ1) is 20.0. The molecule has 0 aliphatic heterocycles. The number of aliphatic hydroxyl groups is 1. The summed E-state index contributed by atoms with van der Waals surface area (Å²) < 4.78 is 6.54. The molecule has 0 bridgehead atoms. The van der Waals surface area contributed by atoms with E-state index in [4.69, 9.17) is 16.0 Å². The Labute approximate surface area is 153 Å². The van der Waals surface area contributed by atoms with Crippen LogP contribution in [0.5, 0.6) is 0 Å². The van der Waals surface area contributed by atoms with Gasteiger partial charge >= 0.3 is 0 Å². The third-order valence-electron chi connectivity index (χ3n) is 6.46. The normalized spacial score (nSPS) is 27.9. The molecule has 136 valence electrons. The molecule has 24 heavy (non-hydrogen) atoms. The van der Waals surface area contributed by atoms with Crippen molar-refractivity contribution in [2.45, 2.75) is 70.5 Å². The van der Waals surface area contributed by atoms with Crippen LogP contribution in [-0.2, 0) is 9.84 Å². The summed E-state index contributed by atoms with van der Waals surface area (Å²) in [5.41, 5.74) is 2.18. The Kier molecular flexibility index (Phi) is 5.62. The van der Waals surface area contributed by atoms with E-state index in [9.17, 15) is 5.11 Å². The van der Waals surface area contributed by atoms with Gasteiger partial charge in [0.25, 0.3) is 0 Å². The molecular weight excluding hydrogens is 336 g/mol. The van der Waals surface area contributed by atoms with Crippen LogP contribution in [0, 0.1) is 5.92 Å². The van der Waals surface area contributed by atoms with Crippen molar-refractivity contribution in [2.24, 2.45) is 5.92 Å². The van der Waals surface area contributed by atoms with Gasteiger partial charge in [-0.2, -0.15) is 0 Å². The van der Waals surface area contributed by atoms with Crippen LogP contribution < -0.4 is 0 Å². The number of rotatable bonds is 4. The largest absolute Gasteiger partial charge is 0.416 e. The zero-order valence-electron chi connectivity index (χ0n) is 16.2. The average Bonchev–Trinajstić information content (AvgIpc) is 2.48. The monoisotopic (exact) mass is 368 g/mol. The molecule has 2 rings (SSSR count). The number of fused-ring (bicyclic) bond motifs is 1. The molecule has 2 nitrogen and oxygen atoms in total. The van der Waals surface area contributed by atoms with Gasteiger partial charge in [-0.15, -0.1) is 0 Å². The topological polar surface area (TPSA) is 29.5 Å². The Hall–Kier alpha value is -0.353. The smallest absolute Gasteiger partial charge is 0.192 e. The Morgan fingerprint density at radius 1 is 1.29 bits per heavy atom. The van der Waals surface area contributed by atoms with Crippen LogP contribution in [0.4, 0.5) is 0 Å². The van der Waals surface area contributed by atoms with Crippen LogP contribution in [-0.4, -0.2) is 26.6 Å². The highest BCUT2D eigenvalue weighted by Crippen LogP contribution is 2.48. The van der Waals surface area contributed by atoms with Crippen LogP contribution in [0.2, 0.25) is 23.2 Å². The van der Waals surface area contributed by atoms with Crippen molar-refractivity contribution in [2.75, 3.05) is 13.2 Å². The molecule has 0 spiro atoms. The summed E-state index contributed by atoms with van der Waals surface area (Å²) in [5, 5.41) is 11.3. The third kappa shape index (κ3) is 3.60. The summed E-state index contributed by atoms with van der Waals surface area (Å²) in [5.74, 6) is 0.942. The van der Waals surface area contributed by atoms with Crippen molar-refractivity contribution >= 4 is 19.9 Å². The average molecular weight is 369 g/mol. The molecule has 0 radical (unpaired) electrons. The maximum absolute atomic E-state index is 10.4. The fraction of sp³-hybridized carbons (Fsp3) is 0.700. The van der Waals surface area contributed by atoms with Crippen molar-refractivity contribution < 1.29 is 9.53 Å². The van der Waals surface area contributed by atoms with Crippen LogP contribution >= 0.6 is 11.6 Å². The molecule has 1 aromatic carbocycles. The lowest BCUT2D eigenvalue weighted by atomic mass is 9.63. The van der Waals surface area contributed by atoms with E-state index in [2.05, 4.69) is 59.8 Å². The van der Waals surface area contributed by atoms with Crippen molar-refractivity contribution in [1.29, 1.82) is 0 Å². The lowest BCUT2D eigenvalue weighted by Crippen LogP contribution is -2.49. The van der Waals surface area contributed by atoms with E-state index in [1.807, 2.05) is 6.07 Å². The van der Waals surface area contributed by atoms with Crippen LogP contribution in [0.15, 0.2) is 18.2 Å². The van der Waals surface area contributed by atoms with Gasteiger partial charge in [0, 0.05) is 17.0 Å². The van der Waals surface area contributed by atoms with Gasteiger partial charge in [0.1, 0.15) is 0 Å². The van der Waals surface area contributed by atoms with E-state index < -0.39 is 8.32 Å². The second kappa shape index (κ2) is 6.75. The molecule has 1 aliphatic rings. The molecule has 0 saturated carbocycles. The number of hydrogen-bond acceptors (Lipinski definition) is 2. The highest BCUT2D eigenvalue weighted by Gasteiger charge is 2.45. The molecule has 0 heterocycles. The van der Waals surface area contributed by atoms with Gasteiger partial charge in [0.05, 0.1) is 6.61 Å². The van der Waals surface area contributed by atoms with E-state index in [1.54, 1.807) is 0 Å². The van der Waals surface area contributed by atoms with Gasteiger partial charge in [-0.25, -0.2) is 0 Å². The second-order valence-electron chi connectivity index (χ2n) is 9.19. The fourth-order valence-electron chi connectivity index (χ4n) is 3.47. The van der Waals surface area contributed by atoms with Crippen molar-refractivity contribution in [1.82, 2.24) is 0 Å². The lowest BCUT2D eigenvalue weighted by Gasteiger charge is -2.46. The molecule has 0 amide bonds. The molecular formula is C20H33ClO2Si. The number of aliphatic hydroxyl groups excluding tert-OH is 1. The summed E-state index contributed by atoms with van der Waals surface area (Å²) in [6, 6.07) is 6.12. The van der Waals surface area contributed by atoms with Gasteiger partial charge in [0.15, 0.2) is 8.32 Å². The first-order valence-corrected chi connectivity index (χ1v) is 12.3. The molecule has 0 unspecified atom stereocenters. The number of hydrogen-bond donors (Lipinski definition) is 1. The van der Waals surface area contributed by atoms with Crippen LogP contribution in [0.25, 0.3) is 0 Å². The second-order valence-corrected chi connectivity index (χ2v) is 14.4.